The van der Waals surface area contributed by atoms with Crippen LogP contribution in [-0.2, 0) is 14.5 Å². The van der Waals surface area contributed by atoms with Crippen LogP contribution in [0.15, 0.2) is 24.3 Å². The van der Waals surface area contributed by atoms with E-state index in [0.29, 0.717) is 48.6 Å². The smallest absolute Gasteiger partial charge is 0.261 e. The molecular weight excluding hydrogens is 382 g/mol. The largest absolute Gasteiger partial charge is 0.312 e. The van der Waals surface area contributed by atoms with Crippen LogP contribution in [0.3, 0.4) is 0 Å². The molecule has 5 aliphatic carbocycles. The van der Waals surface area contributed by atoms with Crippen molar-refractivity contribution >= 4 is 11.8 Å². The van der Waals surface area contributed by atoms with Gasteiger partial charge in [0.15, 0.2) is 0 Å². The van der Waals surface area contributed by atoms with Crippen molar-refractivity contribution in [3.05, 3.63) is 35.4 Å². The molecule has 8 rings (SSSR count). The van der Waals surface area contributed by atoms with Crippen LogP contribution in [0.5, 0.6) is 0 Å². The maximum atomic E-state index is 12.8. The number of fused-ring (bicyclic) bond motifs is 1. The molecule has 0 unspecified atom stereocenters. The van der Waals surface area contributed by atoms with Gasteiger partial charge in [0.05, 0.1) is 11.1 Å². The van der Waals surface area contributed by atoms with Crippen LogP contribution in [-0.4, -0.2) is 34.3 Å². The number of amides is 2. The second kappa shape index (κ2) is 5.93. The fourth-order valence-corrected chi connectivity index (χ4v) is 7.64. The van der Waals surface area contributed by atoms with Crippen molar-refractivity contribution in [1.82, 2.24) is 4.90 Å². The van der Waals surface area contributed by atoms with Gasteiger partial charge in [-0.25, -0.2) is 0 Å². The van der Waals surface area contributed by atoms with Crippen LogP contribution in [0.2, 0.25) is 0 Å². The maximum Gasteiger partial charge on any atom is 0.261 e. The Bertz CT molecular complexity index is 870. The molecule has 1 saturated heterocycles. The van der Waals surface area contributed by atoms with E-state index in [-0.39, 0.29) is 17.9 Å². The van der Waals surface area contributed by atoms with E-state index in [1.807, 2.05) is 12.1 Å². The summed E-state index contributed by atoms with van der Waals surface area (Å²) in [6.07, 6.45) is 8.86. The minimum absolute atomic E-state index is 0.106. The number of nitrogens with zero attached hydrogens (tertiary/aromatic N) is 1. The van der Waals surface area contributed by atoms with Crippen molar-refractivity contribution in [2.75, 3.05) is 0 Å². The van der Waals surface area contributed by atoms with Gasteiger partial charge in [0, 0.05) is 30.7 Å². The Morgan fingerprint density at radius 3 is 1.93 bits per heavy atom. The first kappa shape index (κ1) is 17.9. The lowest BCUT2D eigenvalue weighted by molar-refractivity contribution is -0.390. The van der Waals surface area contributed by atoms with E-state index in [1.165, 1.54) is 37.0 Å². The molecule has 158 valence electrons. The number of rotatable bonds is 1. The van der Waals surface area contributed by atoms with Gasteiger partial charge in [0.25, 0.3) is 11.8 Å². The molecule has 1 aromatic rings. The Kier molecular flexibility index (Phi) is 3.53. The third-order valence-corrected chi connectivity index (χ3v) is 8.85. The fourth-order valence-electron chi connectivity index (χ4n) is 7.64. The molecule has 6 fully saturated rings. The van der Waals surface area contributed by atoms with E-state index >= 15 is 0 Å². The van der Waals surface area contributed by atoms with Crippen LogP contribution < -0.4 is 0 Å². The highest BCUT2D eigenvalue weighted by molar-refractivity contribution is 6.21. The summed E-state index contributed by atoms with van der Waals surface area (Å²) >= 11 is 0. The summed E-state index contributed by atoms with van der Waals surface area (Å²) in [6, 6.07) is 7.00. The average molecular weight is 409 g/mol. The zero-order valence-corrected chi connectivity index (χ0v) is 17.0. The van der Waals surface area contributed by atoms with Gasteiger partial charge in [0.2, 0.25) is 11.6 Å². The highest BCUT2D eigenvalue weighted by atomic mass is 17.3. The van der Waals surface area contributed by atoms with E-state index in [4.69, 9.17) is 14.5 Å². The molecule has 0 aromatic heterocycles. The summed E-state index contributed by atoms with van der Waals surface area (Å²) in [5.74, 6) is 0.958. The van der Waals surface area contributed by atoms with E-state index < -0.39 is 11.6 Å². The van der Waals surface area contributed by atoms with Crippen LogP contribution in [0, 0.1) is 23.7 Å². The number of hydrogen-bond acceptors (Lipinski definition) is 5. The molecule has 0 atom stereocenters. The molecule has 7 aliphatic rings. The molecule has 1 aromatic carbocycles. The second-order valence-corrected chi connectivity index (χ2v) is 10.5. The Labute approximate surface area is 175 Å². The Hall–Kier alpha value is -1.76. The highest BCUT2D eigenvalue weighted by Gasteiger charge is 2.67. The topological polar surface area (TPSA) is 65.1 Å². The SMILES string of the molecule is O=C1c2ccccc2C(=O)N1C1CCC2(CC1)OOC1(O2)C2CC3CC(C2)CC1C3. The minimum atomic E-state index is -0.718. The van der Waals surface area contributed by atoms with Gasteiger partial charge in [-0.1, -0.05) is 12.1 Å². The molecule has 5 saturated carbocycles. The number of carbonyl (C=O) groups is 2. The second-order valence-electron chi connectivity index (χ2n) is 10.5. The minimum Gasteiger partial charge on any atom is -0.312 e. The van der Waals surface area contributed by atoms with Gasteiger partial charge in [-0.15, -0.1) is 0 Å². The first-order valence-electron chi connectivity index (χ1n) is 11.6. The molecule has 30 heavy (non-hydrogen) atoms. The van der Waals surface area contributed by atoms with E-state index in [1.54, 1.807) is 12.1 Å². The normalized spacial score (nSPS) is 46.4. The van der Waals surface area contributed by atoms with Crippen molar-refractivity contribution in [2.24, 2.45) is 23.7 Å². The lowest BCUT2D eigenvalue weighted by Gasteiger charge is -2.57. The summed E-state index contributed by atoms with van der Waals surface area (Å²) in [6.45, 7) is 0. The molecular formula is C24H27NO5. The van der Waals surface area contributed by atoms with Crippen molar-refractivity contribution in [3.8, 4) is 0 Å². The fraction of sp³-hybridized carbons (Fsp3) is 0.667. The predicted octanol–water partition coefficient (Wildman–Crippen LogP) is 4.05. The van der Waals surface area contributed by atoms with Crippen LogP contribution >= 0.6 is 0 Å². The number of benzene rings is 1. The molecule has 2 heterocycles. The first-order valence-corrected chi connectivity index (χ1v) is 11.6. The molecule has 6 nitrogen and oxygen atoms in total. The Morgan fingerprint density at radius 1 is 0.800 bits per heavy atom. The number of ether oxygens (including phenoxy) is 1. The lowest BCUT2D eigenvalue weighted by Crippen LogP contribution is -2.59. The zero-order chi connectivity index (χ0) is 20.1. The Morgan fingerprint density at radius 2 is 1.37 bits per heavy atom. The maximum absolute atomic E-state index is 12.8. The molecule has 0 radical (unpaired) electrons. The monoisotopic (exact) mass is 409 g/mol. The van der Waals surface area contributed by atoms with Gasteiger partial charge in [-0.05, 0) is 68.9 Å². The predicted molar refractivity (Wildman–Crippen MR) is 105 cm³/mol. The first-order chi connectivity index (χ1) is 14.6. The standard InChI is InChI=1S/C24H27NO5/c26-21-19-3-1-2-4-20(19)22(27)25(21)18-5-7-23(8-6-18)28-24(30-29-23)16-10-14-9-15(12-16)13-17(24)11-14/h1-4,14-18H,5-13H2. The molecule has 6 heteroatoms. The summed E-state index contributed by atoms with van der Waals surface area (Å²) < 4.78 is 6.75. The molecule has 2 amide bonds. The van der Waals surface area contributed by atoms with Crippen LogP contribution in [0.1, 0.15) is 78.5 Å². The highest BCUT2D eigenvalue weighted by Crippen LogP contribution is 2.63. The molecule has 0 N–H and O–H groups in total. The molecule has 2 aliphatic heterocycles. The van der Waals surface area contributed by atoms with Gasteiger partial charge in [0.1, 0.15) is 0 Å². The van der Waals surface area contributed by atoms with Gasteiger partial charge >= 0.3 is 0 Å². The molecule has 2 spiro atoms. The van der Waals surface area contributed by atoms with E-state index in [9.17, 15) is 9.59 Å². The van der Waals surface area contributed by atoms with Crippen LogP contribution in [0.25, 0.3) is 0 Å². The lowest BCUT2D eigenvalue weighted by atomic mass is 9.53. The zero-order valence-electron chi connectivity index (χ0n) is 17.0. The van der Waals surface area contributed by atoms with Crippen molar-refractivity contribution < 1.29 is 24.1 Å². The van der Waals surface area contributed by atoms with Gasteiger partial charge < -0.3 is 4.74 Å². The van der Waals surface area contributed by atoms with Gasteiger partial charge in [-0.3, -0.25) is 14.5 Å². The van der Waals surface area contributed by atoms with E-state index in [2.05, 4.69) is 0 Å². The van der Waals surface area contributed by atoms with Crippen LogP contribution in [0.4, 0.5) is 0 Å². The average Bonchev–Trinajstić information content (AvgIpc) is 3.24. The third-order valence-electron chi connectivity index (χ3n) is 8.85. The Balaban J connectivity index is 1.08. The molecule has 4 bridgehead atoms. The van der Waals surface area contributed by atoms with Crippen molar-refractivity contribution in [1.29, 1.82) is 0 Å². The number of carbonyl (C=O) groups excluding carboxylic acids is 2. The third kappa shape index (κ3) is 2.25. The summed E-state index contributed by atoms with van der Waals surface area (Å²) in [5.41, 5.74) is 1.04. The number of imide groups is 1. The van der Waals surface area contributed by atoms with E-state index in [0.717, 1.165) is 11.8 Å². The number of hydrogen-bond donors (Lipinski definition) is 0. The van der Waals surface area contributed by atoms with Crippen molar-refractivity contribution in [3.63, 3.8) is 0 Å². The summed E-state index contributed by atoms with van der Waals surface area (Å²) in [5, 5.41) is 0. The summed E-state index contributed by atoms with van der Waals surface area (Å²) in [7, 11) is 0. The quantitative estimate of drug-likeness (QED) is 0.517. The van der Waals surface area contributed by atoms with Crippen molar-refractivity contribution in [2.45, 2.75) is 75.4 Å². The van der Waals surface area contributed by atoms with Gasteiger partial charge in [-0.2, -0.15) is 9.78 Å². The summed E-state index contributed by atoms with van der Waals surface area (Å²) in [4.78, 5) is 39.2.